The predicted octanol–water partition coefficient (Wildman–Crippen LogP) is 2.82. The van der Waals surface area contributed by atoms with Gasteiger partial charge in [-0.3, -0.25) is 0 Å². The summed E-state index contributed by atoms with van der Waals surface area (Å²) in [6.45, 7) is 5.31. The van der Waals surface area contributed by atoms with Crippen LogP contribution in [0.2, 0.25) is 0 Å². The number of rotatable bonds is 6. The number of nitrogens with one attached hydrogen (secondary N) is 1. The molecule has 0 saturated carbocycles. The third-order valence-corrected chi connectivity index (χ3v) is 2.81. The van der Waals surface area contributed by atoms with Gasteiger partial charge in [0, 0.05) is 18.6 Å². The molecule has 1 rings (SSSR count). The van der Waals surface area contributed by atoms with E-state index in [4.69, 9.17) is 0 Å². The Hall–Kier alpha value is -0.930. The first-order chi connectivity index (χ1) is 8.02. The van der Waals surface area contributed by atoms with Crippen LogP contribution >= 0.6 is 0 Å². The first-order valence-corrected chi connectivity index (χ1v) is 6.19. The zero-order valence-corrected chi connectivity index (χ0v) is 11.2. The predicted molar refractivity (Wildman–Crippen MR) is 70.6 cm³/mol. The molecule has 2 atom stereocenters. The van der Waals surface area contributed by atoms with Crippen LogP contribution in [0.25, 0.3) is 0 Å². The average Bonchev–Trinajstić information content (AvgIpc) is 2.26. The molecule has 0 amide bonds. The number of hydrogen-bond donors (Lipinski definition) is 1. The molecule has 0 aliphatic carbocycles. The van der Waals surface area contributed by atoms with Crippen molar-refractivity contribution in [2.75, 3.05) is 20.6 Å². The van der Waals surface area contributed by atoms with Crippen molar-refractivity contribution in [3.63, 3.8) is 0 Å². The molecule has 0 bridgehead atoms. The lowest BCUT2D eigenvalue weighted by Crippen LogP contribution is -2.37. The maximum absolute atomic E-state index is 12.9. The van der Waals surface area contributed by atoms with E-state index in [1.807, 2.05) is 12.1 Å². The van der Waals surface area contributed by atoms with Crippen LogP contribution in [0.4, 0.5) is 4.39 Å². The molecular weight excluding hydrogens is 215 g/mol. The van der Waals surface area contributed by atoms with Crippen LogP contribution in [0.15, 0.2) is 24.3 Å². The van der Waals surface area contributed by atoms with Gasteiger partial charge in [0.1, 0.15) is 5.82 Å². The van der Waals surface area contributed by atoms with Crippen molar-refractivity contribution < 1.29 is 4.39 Å². The normalized spacial score (nSPS) is 14.9. The highest BCUT2D eigenvalue weighted by Crippen LogP contribution is 2.17. The van der Waals surface area contributed by atoms with Crippen LogP contribution in [0.1, 0.15) is 31.9 Å². The Morgan fingerprint density at radius 3 is 2.29 bits per heavy atom. The fourth-order valence-corrected chi connectivity index (χ4v) is 2.09. The van der Waals surface area contributed by atoms with Gasteiger partial charge in [-0.1, -0.05) is 19.1 Å². The van der Waals surface area contributed by atoms with Gasteiger partial charge < -0.3 is 10.2 Å². The lowest BCUT2D eigenvalue weighted by molar-refractivity contribution is 0.326. The number of hydrogen-bond acceptors (Lipinski definition) is 2. The molecule has 17 heavy (non-hydrogen) atoms. The summed E-state index contributed by atoms with van der Waals surface area (Å²) in [6.07, 6.45) is 1.00. The number of likely N-dealkylation sites (N-methyl/N-ethyl adjacent to an activating group) is 1. The van der Waals surface area contributed by atoms with Gasteiger partial charge in [-0.15, -0.1) is 0 Å². The average molecular weight is 238 g/mol. The Bertz CT molecular complexity index is 321. The minimum absolute atomic E-state index is 0.176. The summed E-state index contributed by atoms with van der Waals surface area (Å²) in [5.74, 6) is -0.176. The van der Waals surface area contributed by atoms with E-state index in [0.29, 0.717) is 12.1 Å². The molecule has 0 saturated heterocycles. The third-order valence-electron chi connectivity index (χ3n) is 2.81. The summed E-state index contributed by atoms with van der Waals surface area (Å²) in [5.41, 5.74) is 1.15. The molecule has 0 aromatic heterocycles. The van der Waals surface area contributed by atoms with E-state index in [-0.39, 0.29) is 5.82 Å². The molecule has 1 aromatic carbocycles. The highest BCUT2D eigenvalue weighted by molar-refractivity contribution is 5.19. The molecule has 0 spiro atoms. The van der Waals surface area contributed by atoms with Gasteiger partial charge >= 0.3 is 0 Å². The second-order valence-electron chi connectivity index (χ2n) is 4.84. The van der Waals surface area contributed by atoms with E-state index >= 15 is 0 Å². The van der Waals surface area contributed by atoms with E-state index in [0.717, 1.165) is 18.5 Å². The zero-order chi connectivity index (χ0) is 12.8. The minimum Gasteiger partial charge on any atom is -0.308 e. The summed E-state index contributed by atoms with van der Waals surface area (Å²) in [7, 11) is 4.13. The van der Waals surface area contributed by atoms with Crippen LogP contribution < -0.4 is 5.32 Å². The fraction of sp³-hybridized carbons (Fsp3) is 0.571. The first kappa shape index (κ1) is 14.1. The van der Waals surface area contributed by atoms with Crippen LogP contribution in [0.3, 0.4) is 0 Å². The van der Waals surface area contributed by atoms with E-state index in [1.165, 1.54) is 12.1 Å². The van der Waals surface area contributed by atoms with Gasteiger partial charge in [-0.25, -0.2) is 4.39 Å². The van der Waals surface area contributed by atoms with Gasteiger partial charge in [0.25, 0.3) is 0 Å². The van der Waals surface area contributed by atoms with Crippen molar-refractivity contribution >= 4 is 0 Å². The van der Waals surface area contributed by atoms with Gasteiger partial charge in [0.05, 0.1) is 0 Å². The molecule has 0 aliphatic heterocycles. The molecule has 0 aliphatic rings. The van der Waals surface area contributed by atoms with Gasteiger partial charge in [0.2, 0.25) is 0 Å². The van der Waals surface area contributed by atoms with Crippen LogP contribution in [0, 0.1) is 5.82 Å². The lowest BCUT2D eigenvalue weighted by atomic mass is 10.0. The SMILES string of the molecule is CCC(NC(C)CN(C)C)c1ccc(F)cc1. The van der Waals surface area contributed by atoms with Crippen molar-refractivity contribution in [2.45, 2.75) is 32.4 Å². The Kier molecular flexibility index (Phi) is 5.59. The molecule has 96 valence electrons. The maximum Gasteiger partial charge on any atom is 0.123 e. The standard InChI is InChI=1S/C14H23FN2/c1-5-14(16-11(2)10-17(3)4)12-6-8-13(15)9-7-12/h6-9,11,14,16H,5,10H2,1-4H3. The van der Waals surface area contributed by atoms with Gasteiger partial charge in [0.15, 0.2) is 0 Å². The second-order valence-corrected chi connectivity index (χ2v) is 4.84. The summed E-state index contributed by atoms with van der Waals surface area (Å²) >= 11 is 0. The summed E-state index contributed by atoms with van der Waals surface area (Å²) < 4.78 is 12.9. The summed E-state index contributed by atoms with van der Waals surface area (Å²) in [5, 5.41) is 3.57. The smallest absolute Gasteiger partial charge is 0.123 e. The Labute approximate surface area is 104 Å². The fourth-order valence-electron chi connectivity index (χ4n) is 2.09. The third kappa shape index (κ3) is 4.84. The van der Waals surface area contributed by atoms with E-state index < -0.39 is 0 Å². The summed E-state index contributed by atoms with van der Waals surface area (Å²) in [6, 6.07) is 7.48. The molecule has 1 aromatic rings. The zero-order valence-electron chi connectivity index (χ0n) is 11.2. The molecule has 0 radical (unpaired) electrons. The molecule has 1 N–H and O–H groups in total. The van der Waals surface area contributed by atoms with E-state index in [9.17, 15) is 4.39 Å². The Balaban J connectivity index is 2.62. The monoisotopic (exact) mass is 238 g/mol. The molecule has 2 unspecified atom stereocenters. The number of halogens is 1. The Morgan fingerprint density at radius 2 is 1.82 bits per heavy atom. The van der Waals surface area contributed by atoms with Crippen LogP contribution in [-0.2, 0) is 0 Å². The molecule has 3 heteroatoms. The summed E-state index contributed by atoms with van der Waals surface area (Å²) in [4.78, 5) is 2.16. The highest BCUT2D eigenvalue weighted by Gasteiger charge is 2.12. The topological polar surface area (TPSA) is 15.3 Å². The molecule has 0 heterocycles. The van der Waals surface area contributed by atoms with Gasteiger partial charge in [-0.2, -0.15) is 0 Å². The molecular formula is C14H23FN2. The van der Waals surface area contributed by atoms with E-state index in [1.54, 1.807) is 0 Å². The highest BCUT2D eigenvalue weighted by atomic mass is 19.1. The second kappa shape index (κ2) is 6.72. The number of nitrogens with zero attached hydrogens (tertiary/aromatic N) is 1. The largest absolute Gasteiger partial charge is 0.308 e. The van der Waals surface area contributed by atoms with Gasteiger partial charge in [-0.05, 0) is 45.1 Å². The quantitative estimate of drug-likeness (QED) is 0.820. The van der Waals surface area contributed by atoms with Crippen molar-refractivity contribution in [1.82, 2.24) is 10.2 Å². The van der Waals surface area contributed by atoms with Crippen molar-refractivity contribution in [3.05, 3.63) is 35.6 Å². The lowest BCUT2D eigenvalue weighted by Gasteiger charge is -2.25. The van der Waals surface area contributed by atoms with Crippen molar-refractivity contribution in [2.24, 2.45) is 0 Å². The Morgan fingerprint density at radius 1 is 1.24 bits per heavy atom. The van der Waals surface area contributed by atoms with Crippen molar-refractivity contribution in [3.8, 4) is 0 Å². The van der Waals surface area contributed by atoms with Crippen LogP contribution in [-0.4, -0.2) is 31.6 Å². The minimum atomic E-state index is -0.176. The molecule has 2 nitrogen and oxygen atoms in total. The first-order valence-electron chi connectivity index (χ1n) is 6.19. The number of benzene rings is 1. The van der Waals surface area contributed by atoms with Crippen LogP contribution in [0.5, 0.6) is 0 Å². The molecule has 0 fully saturated rings. The van der Waals surface area contributed by atoms with Crippen molar-refractivity contribution in [1.29, 1.82) is 0 Å². The maximum atomic E-state index is 12.9. The van der Waals surface area contributed by atoms with E-state index in [2.05, 4.69) is 38.2 Å².